The number of benzene rings is 1. The van der Waals surface area contributed by atoms with Gasteiger partial charge in [0.2, 0.25) is 0 Å². The molecular formula is C15H19BrClNO. The predicted molar refractivity (Wildman–Crippen MR) is 82.6 cm³/mol. The summed E-state index contributed by atoms with van der Waals surface area (Å²) in [6.45, 7) is 6.24. The highest BCUT2D eigenvalue weighted by molar-refractivity contribution is 9.10. The molecule has 0 unspecified atom stereocenters. The lowest BCUT2D eigenvalue weighted by Gasteiger charge is -2.34. The van der Waals surface area contributed by atoms with Gasteiger partial charge >= 0.3 is 0 Å². The standard InChI is InChI=1S/C15H19BrClNO/c1-10(2)11-5-7-18(8-6-11)15(19)13-4-3-12(17)9-14(13)16/h3-4,9-11H,5-8H2,1-2H3. The molecule has 1 aromatic rings. The van der Waals surface area contributed by atoms with Crippen molar-refractivity contribution in [1.82, 2.24) is 4.90 Å². The van der Waals surface area contributed by atoms with Crippen LogP contribution in [-0.2, 0) is 0 Å². The number of carbonyl (C=O) groups excluding carboxylic acids is 1. The lowest BCUT2D eigenvalue weighted by molar-refractivity contribution is 0.0667. The van der Waals surface area contributed by atoms with E-state index in [1.807, 2.05) is 4.90 Å². The third-order valence-corrected chi connectivity index (χ3v) is 4.82. The average molecular weight is 345 g/mol. The predicted octanol–water partition coefficient (Wildman–Crippen LogP) is 4.61. The van der Waals surface area contributed by atoms with Crippen LogP contribution in [0.15, 0.2) is 22.7 Å². The van der Waals surface area contributed by atoms with Crippen molar-refractivity contribution in [3.63, 3.8) is 0 Å². The molecule has 1 amide bonds. The Balaban J connectivity index is 2.05. The van der Waals surface area contributed by atoms with Crippen molar-refractivity contribution in [1.29, 1.82) is 0 Å². The van der Waals surface area contributed by atoms with Crippen LogP contribution in [0.5, 0.6) is 0 Å². The molecule has 0 atom stereocenters. The zero-order valence-corrected chi connectivity index (χ0v) is 13.7. The van der Waals surface area contributed by atoms with Crippen molar-refractivity contribution in [2.24, 2.45) is 11.8 Å². The molecule has 0 aliphatic carbocycles. The Kier molecular flexibility index (Phi) is 4.91. The van der Waals surface area contributed by atoms with Crippen molar-refractivity contribution in [2.45, 2.75) is 26.7 Å². The van der Waals surface area contributed by atoms with Crippen molar-refractivity contribution >= 4 is 33.4 Å². The molecule has 0 spiro atoms. The van der Waals surface area contributed by atoms with Gasteiger partial charge in [-0.1, -0.05) is 25.4 Å². The molecule has 1 heterocycles. The van der Waals surface area contributed by atoms with Gasteiger partial charge in [0, 0.05) is 22.6 Å². The Hall–Kier alpha value is -0.540. The highest BCUT2D eigenvalue weighted by atomic mass is 79.9. The van der Waals surface area contributed by atoms with Gasteiger partial charge in [0.15, 0.2) is 0 Å². The Bertz CT molecular complexity index is 467. The number of carbonyl (C=O) groups is 1. The fourth-order valence-electron chi connectivity index (χ4n) is 2.60. The number of likely N-dealkylation sites (tertiary alicyclic amines) is 1. The first-order chi connectivity index (χ1) is 8.99. The number of hydrogen-bond donors (Lipinski definition) is 0. The van der Waals surface area contributed by atoms with E-state index < -0.39 is 0 Å². The van der Waals surface area contributed by atoms with Crippen LogP contribution in [-0.4, -0.2) is 23.9 Å². The maximum Gasteiger partial charge on any atom is 0.254 e. The van der Waals surface area contributed by atoms with Crippen LogP contribution >= 0.6 is 27.5 Å². The van der Waals surface area contributed by atoms with Gasteiger partial charge in [0.25, 0.3) is 5.91 Å². The summed E-state index contributed by atoms with van der Waals surface area (Å²) in [5.41, 5.74) is 0.701. The number of nitrogens with zero attached hydrogens (tertiary/aromatic N) is 1. The minimum absolute atomic E-state index is 0.103. The van der Waals surface area contributed by atoms with Gasteiger partial charge in [-0.2, -0.15) is 0 Å². The van der Waals surface area contributed by atoms with Gasteiger partial charge in [0.05, 0.1) is 5.56 Å². The molecule has 2 nitrogen and oxygen atoms in total. The monoisotopic (exact) mass is 343 g/mol. The number of piperidine rings is 1. The summed E-state index contributed by atoms with van der Waals surface area (Å²) in [6, 6.07) is 5.33. The largest absolute Gasteiger partial charge is 0.339 e. The summed E-state index contributed by atoms with van der Waals surface area (Å²) in [6.07, 6.45) is 2.21. The highest BCUT2D eigenvalue weighted by Crippen LogP contribution is 2.27. The van der Waals surface area contributed by atoms with Crippen LogP contribution in [0.1, 0.15) is 37.0 Å². The molecule has 0 bridgehead atoms. The van der Waals surface area contributed by atoms with Crippen LogP contribution in [0.3, 0.4) is 0 Å². The van der Waals surface area contributed by atoms with E-state index >= 15 is 0 Å². The number of halogens is 2. The lowest BCUT2D eigenvalue weighted by atomic mass is 9.86. The van der Waals surface area contributed by atoms with E-state index in [1.165, 1.54) is 0 Å². The highest BCUT2D eigenvalue weighted by Gasteiger charge is 2.26. The molecule has 104 valence electrons. The van der Waals surface area contributed by atoms with Crippen LogP contribution in [0.2, 0.25) is 5.02 Å². The van der Waals surface area contributed by atoms with Crippen molar-refractivity contribution in [3.05, 3.63) is 33.3 Å². The Labute approximate surface area is 128 Å². The first-order valence-electron chi connectivity index (χ1n) is 6.73. The van der Waals surface area contributed by atoms with Crippen LogP contribution in [0.4, 0.5) is 0 Å². The smallest absolute Gasteiger partial charge is 0.254 e. The van der Waals surface area contributed by atoms with E-state index in [0.29, 0.717) is 16.5 Å². The summed E-state index contributed by atoms with van der Waals surface area (Å²) < 4.78 is 0.774. The summed E-state index contributed by atoms with van der Waals surface area (Å²) in [7, 11) is 0. The lowest BCUT2D eigenvalue weighted by Crippen LogP contribution is -2.39. The van der Waals surface area contributed by atoms with Crippen molar-refractivity contribution in [2.75, 3.05) is 13.1 Å². The van der Waals surface area contributed by atoms with E-state index in [9.17, 15) is 4.79 Å². The van der Waals surface area contributed by atoms with Gasteiger partial charge < -0.3 is 4.90 Å². The van der Waals surface area contributed by atoms with Gasteiger partial charge in [0.1, 0.15) is 0 Å². The van der Waals surface area contributed by atoms with Crippen molar-refractivity contribution in [3.8, 4) is 0 Å². The number of amides is 1. The third kappa shape index (κ3) is 3.51. The Morgan fingerprint density at radius 1 is 1.37 bits per heavy atom. The van der Waals surface area contributed by atoms with Gasteiger partial charge in [-0.25, -0.2) is 0 Å². The normalized spacial score (nSPS) is 17.0. The molecule has 1 aromatic carbocycles. The molecule has 4 heteroatoms. The second-order valence-corrected chi connectivity index (χ2v) is 6.79. The van der Waals surface area contributed by atoms with Crippen molar-refractivity contribution < 1.29 is 4.79 Å². The Morgan fingerprint density at radius 3 is 2.53 bits per heavy atom. The molecule has 1 aliphatic heterocycles. The summed E-state index contributed by atoms with van der Waals surface area (Å²) in [5, 5.41) is 0.641. The molecule has 0 saturated carbocycles. The maximum absolute atomic E-state index is 12.5. The number of rotatable bonds is 2. The average Bonchev–Trinajstić information content (AvgIpc) is 2.38. The molecule has 1 aliphatic rings. The SMILES string of the molecule is CC(C)C1CCN(C(=O)c2ccc(Cl)cc2Br)CC1. The summed E-state index contributed by atoms with van der Waals surface area (Å²) in [5.74, 6) is 1.56. The van der Waals surface area contributed by atoms with Gasteiger partial charge in [-0.15, -0.1) is 0 Å². The van der Waals surface area contributed by atoms with Crippen LogP contribution in [0.25, 0.3) is 0 Å². The van der Waals surface area contributed by atoms with E-state index in [4.69, 9.17) is 11.6 Å². The maximum atomic E-state index is 12.5. The molecule has 0 N–H and O–H groups in total. The quantitative estimate of drug-likeness (QED) is 0.767. The summed E-state index contributed by atoms with van der Waals surface area (Å²) in [4.78, 5) is 14.4. The van der Waals surface area contributed by atoms with Gasteiger partial charge in [-0.05, 0) is 58.8 Å². The molecular weight excluding hydrogens is 326 g/mol. The molecule has 2 rings (SSSR count). The van der Waals surface area contributed by atoms with Gasteiger partial charge in [-0.3, -0.25) is 4.79 Å². The van der Waals surface area contributed by atoms with E-state index in [1.54, 1.807) is 18.2 Å². The van der Waals surface area contributed by atoms with Crippen LogP contribution < -0.4 is 0 Å². The topological polar surface area (TPSA) is 20.3 Å². The molecule has 1 saturated heterocycles. The van der Waals surface area contributed by atoms with Crippen LogP contribution in [0, 0.1) is 11.8 Å². The fourth-order valence-corrected chi connectivity index (χ4v) is 3.45. The molecule has 19 heavy (non-hydrogen) atoms. The minimum atomic E-state index is 0.103. The first-order valence-corrected chi connectivity index (χ1v) is 7.90. The third-order valence-electron chi connectivity index (χ3n) is 3.93. The second-order valence-electron chi connectivity index (χ2n) is 5.50. The van der Waals surface area contributed by atoms with E-state index in [-0.39, 0.29) is 5.91 Å². The fraction of sp³-hybridized carbons (Fsp3) is 0.533. The Morgan fingerprint density at radius 2 is 2.00 bits per heavy atom. The first kappa shape index (κ1) is 14.9. The molecule has 1 fully saturated rings. The zero-order chi connectivity index (χ0) is 14.0. The van der Waals surface area contributed by atoms with E-state index in [0.717, 1.165) is 36.3 Å². The summed E-state index contributed by atoms with van der Waals surface area (Å²) >= 11 is 9.32. The molecule has 0 aromatic heterocycles. The molecule has 0 radical (unpaired) electrons. The second kappa shape index (κ2) is 6.27. The van der Waals surface area contributed by atoms with E-state index in [2.05, 4.69) is 29.8 Å². The minimum Gasteiger partial charge on any atom is -0.339 e. The number of hydrogen-bond acceptors (Lipinski definition) is 1. The zero-order valence-electron chi connectivity index (χ0n) is 11.3.